The van der Waals surface area contributed by atoms with E-state index in [1.807, 2.05) is 54.6 Å². The lowest BCUT2D eigenvalue weighted by Gasteiger charge is -2.18. The van der Waals surface area contributed by atoms with Crippen molar-refractivity contribution in [3.63, 3.8) is 0 Å². The van der Waals surface area contributed by atoms with Crippen LogP contribution in [0.5, 0.6) is 5.75 Å². The lowest BCUT2D eigenvalue weighted by atomic mass is 10.1. The number of unbranched alkanes of at least 4 members (excludes halogenated alkanes) is 16. The first-order valence-electron chi connectivity index (χ1n) is 20.0. The molecule has 0 saturated heterocycles. The van der Waals surface area contributed by atoms with Crippen molar-refractivity contribution >= 4 is 18.0 Å². The second-order valence-corrected chi connectivity index (χ2v) is 13.7. The van der Waals surface area contributed by atoms with E-state index < -0.39 is 6.10 Å². The zero-order chi connectivity index (χ0) is 37.3. The van der Waals surface area contributed by atoms with Crippen LogP contribution in [-0.4, -0.2) is 51.0 Å². The number of rotatable bonds is 32. The van der Waals surface area contributed by atoms with Crippen molar-refractivity contribution in [2.24, 2.45) is 0 Å². The molecule has 9 nitrogen and oxygen atoms in total. The van der Waals surface area contributed by atoms with E-state index in [9.17, 15) is 14.4 Å². The Bertz CT molecular complexity index is 1170. The van der Waals surface area contributed by atoms with Crippen molar-refractivity contribution in [3.05, 3.63) is 65.7 Å². The topological polar surface area (TPSA) is 109 Å². The number of hydrogen-bond donors (Lipinski definition) is 1. The number of esters is 2. The summed E-state index contributed by atoms with van der Waals surface area (Å²) in [6.45, 7) is 3.65. The van der Waals surface area contributed by atoms with Crippen molar-refractivity contribution < 1.29 is 38.1 Å². The first-order valence-corrected chi connectivity index (χ1v) is 20.0. The van der Waals surface area contributed by atoms with E-state index in [0.29, 0.717) is 26.0 Å². The molecule has 2 aromatic carbocycles. The van der Waals surface area contributed by atoms with Crippen LogP contribution in [0.25, 0.3) is 0 Å². The highest BCUT2D eigenvalue weighted by Gasteiger charge is 2.18. The van der Waals surface area contributed by atoms with E-state index in [1.54, 1.807) is 7.11 Å². The highest BCUT2D eigenvalue weighted by molar-refractivity contribution is 5.70. The highest BCUT2D eigenvalue weighted by atomic mass is 16.6. The van der Waals surface area contributed by atoms with E-state index in [1.165, 1.54) is 51.4 Å². The average Bonchev–Trinajstić information content (AvgIpc) is 3.16. The SMILES string of the molecule is CCCCCCCCCCCC(=O)O[C@@H](COCc1ccc(OC)cc1)COC(=O)CCCCCCCCCCCNC(=O)OCc1ccccc1. The smallest absolute Gasteiger partial charge is 0.407 e. The standard InChI is InChI=1S/C43H67NO8/c1-3-4-5-6-7-9-13-16-22-27-42(46)52-40(35-49-33-38-28-30-39(48-2)31-29-38)36-50-41(45)26-21-15-12-10-8-11-14-17-23-32-44-43(47)51-34-37-24-19-18-20-25-37/h18-20,24-25,28-31,40H,3-17,21-23,26-27,32-36H2,1-2H3,(H,44,47)/t40-/m0/s1. The quantitative estimate of drug-likeness (QED) is 0.0451. The van der Waals surface area contributed by atoms with Gasteiger partial charge in [0.15, 0.2) is 6.10 Å². The fraction of sp³-hybridized carbons (Fsp3) is 0.651. The van der Waals surface area contributed by atoms with E-state index in [-0.39, 0.29) is 37.9 Å². The molecule has 1 atom stereocenters. The molecule has 292 valence electrons. The third-order valence-corrected chi connectivity index (χ3v) is 8.98. The molecule has 0 aromatic heterocycles. The number of amides is 1. The summed E-state index contributed by atoms with van der Waals surface area (Å²) in [5.74, 6) is 0.233. The Labute approximate surface area is 313 Å². The Kier molecular flexibility index (Phi) is 26.6. The molecule has 0 saturated carbocycles. The van der Waals surface area contributed by atoms with Crippen molar-refractivity contribution in [2.45, 2.75) is 155 Å². The van der Waals surface area contributed by atoms with Crippen LogP contribution in [0.4, 0.5) is 4.79 Å². The van der Waals surface area contributed by atoms with Crippen LogP contribution in [-0.2, 0) is 41.8 Å². The summed E-state index contributed by atoms with van der Waals surface area (Å²) < 4.78 is 27.5. The largest absolute Gasteiger partial charge is 0.497 e. The fourth-order valence-electron chi connectivity index (χ4n) is 5.83. The van der Waals surface area contributed by atoms with Crippen molar-refractivity contribution in [1.82, 2.24) is 5.32 Å². The van der Waals surface area contributed by atoms with Gasteiger partial charge in [-0.1, -0.05) is 146 Å². The maximum Gasteiger partial charge on any atom is 0.407 e. The second kappa shape index (κ2) is 31.0. The lowest BCUT2D eigenvalue weighted by Crippen LogP contribution is -2.29. The summed E-state index contributed by atoms with van der Waals surface area (Å²) in [7, 11) is 1.63. The average molecular weight is 726 g/mol. The van der Waals surface area contributed by atoms with Gasteiger partial charge in [0.1, 0.15) is 19.0 Å². The third kappa shape index (κ3) is 24.6. The molecule has 1 amide bonds. The van der Waals surface area contributed by atoms with Gasteiger partial charge in [-0.15, -0.1) is 0 Å². The molecule has 2 aromatic rings. The predicted octanol–water partition coefficient (Wildman–Crippen LogP) is 10.4. The second-order valence-electron chi connectivity index (χ2n) is 13.7. The molecule has 52 heavy (non-hydrogen) atoms. The van der Waals surface area contributed by atoms with Gasteiger partial charge >= 0.3 is 18.0 Å². The molecule has 0 radical (unpaired) electrons. The van der Waals surface area contributed by atoms with Crippen LogP contribution in [0.2, 0.25) is 0 Å². The van der Waals surface area contributed by atoms with Gasteiger partial charge in [0.25, 0.3) is 0 Å². The van der Waals surface area contributed by atoms with Crippen molar-refractivity contribution in [3.8, 4) is 5.75 Å². The summed E-state index contributed by atoms with van der Waals surface area (Å²) in [5.41, 5.74) is 1.95. The molecule has 0 aliphatic carbocycles. The highest BCUT2D eigenvalue weighted by Crippen LogP contribution is 2.15. The number of carbonyl (C=O) groups is 3. The predicted molar refractivity (Wildman–Crippen MR) is 206 cm³/mol. The normalized spacial score (nSPS) is 11.5. The number of carbonyl (C=O) groups excluding carboxylic acids is 3. The Morgan fingerprint density at radius 2 is 1.12 bits per heavy atom. The molecule has 0 fully saturated rings. The molecule has 0 aliphatic rings. The van der Waals surface area contributed by atoms with Crippen LogP contribution in [0.15, 0.2) is 54.6 Å². The van der Waals surface area contributed by atoms with Crippen LogP contribution >= 0.6 is 0 Å². The Balaban J connectivity index is 1.53. The van der Waals surface area contributed by atoms with Gasteiger partial charge < -0.3 is 29.0 Å². The first-order chi connectivity index (χ1) is 25.5. The number of benzene rings is 2. The Morgan fingerprint density at radius 3 is 1.71 bits per heavy atom. The van der Waals surface area contributed by atoms with Gasteiger partial charge in [0, 0.05) is 19.4 Å². The Hall–Kier alpha value is -3.59. The van der Waals surface area contributed by atoms with Gasteiger partial charge in [-0.2, -0.15) is 0 Å². The zero-order valence-corrected chi connectivity index (χ0v) is 32.2. The van der Waals surface area contributed by atoms with Crippen molar-refractivity contribution in [2.75, 3.05) is 26.9 Å². The van der Waals surface area contributed by atoms with Gasteiger partial charge in [-0.25, -0.2) is 4.79 Å². The molecule has 0 unspecified atom stereocenters. The minimum Gasteiger partial charge on any atom is -0.497 e. The summed E-state index contributed by atoms with van der Waals surface area (Å²) >= 11 is 0. The number of nitrogens with one attached hydrogen (secondary N) is 1. The molecule has 1 N–H and O–H groups in total. The van der Waals surface area contributed by atoms with E-state index in [4.69, 9.17) is 23.7 Å². The van der Waals surface area contributed by atoms with Gasteiger partial charge in [-0.05, 0) is 42.5 Å². The summed E-state index contributed by atoms with van der Waals surface area (Å²) in [4.78, 5) is 36.9. The number of methoxy groups -OCH3 is 1. The van der Waals surface area contributed by atoms with Crippen LogP contribution in [0, 0.1) is 0 Å². The van der Waals surface area contributed by atoms with Crippen LogP contribution in [0.3, 0.4) is 0 Å². The number of ether oxygens (including phenoxy) is 5. The Morgan fingerprint density at radius 1 is 0.577 bits per heavy atom. The maximum atomic E-state index is 12.6. The summed E-state index contributed by atoms with van der Waals surface area (Å²) in [6, 6.07) is 17.3. The third-order valence-electron chi connectivity index (χ3n) is 8.98. The molecule has 0 bridgehead atoms. The minimum absolute atomic E-state index is 0.00462. The maximum absolute atomic E-state index is 12.6. The zero-order valence-electron chi connectivity index (χ0n) is 32.2. The monoisotopic (exact) mass is 725 g/mol. The minimum atomic E-state index is -0.641. The van der Waals surface area contributed by atoms with Gasteiger partial charge in [-0.3, -0.25) is 9.59 Å². The lowest BCUT2D eigenvalue weighted by molar-refractivity contribution is -0.163. The van der Waals surface area contributed by atoms with Crippen molar-refractivity contribution in [1.29, 1.82) is 0 Å². The fourth-order valence-corrected chi connectivity index (χ4v) is 5.83. The molecular formula is C43H67NO8. The number of hydrogen-bond acceptors (Lipinski definition) is 8. The van der Waals surface area contributed by atoms with E-state index >= 15 is 0 Å². The molecule has 2 rings (SSSR count). The van der Waals surface area contributed by atoms with E-state index in [2.05, 4.69) is 12.2 Å². The first kappa shape index (κ1) is 44.6. The van der Waals surface area contributed by atoms with Crippen LogP contribution < -0.4 is 10.1 Å². The van der Waals surface area contributed by atoms with Gasteiger partial charge in [0.2, 0.25) is 0 Å². The molecule has 0 aliphatic heterocycles. The number of alkyl carbamates (subject to hydrolysis) is 1. The summed E-state index contributed by atoms with van der Waals surface area (Å²) in [5, 5.41) is 2.82. The van der Waals surface area contributed by atoms with Gasteiger partial charge in [0.05, 0.1) is 20.3 Å². The van der Waals surface area contributed by atoms with Crippen LogP contribution in [0.1, 0.15) is 146 Å². The molecule has 9 heteroatoms. The van der Waals surface area contributed by atoms with E-state index in [0.717, 1.165) is 81.1 Å². The molecule has 0 spiro atoms. The molecular weight excluding hydrogens is 658 g/mol. The molecule has 0 heterocycles. The summed E-state index contributed by atoms with van der Waals surface area (Å²) in [6.07, 6.45) is 19.8.